The van der Waals surface area contributed by atoms with Crippen LogP contribution < -0.4 is 5.32 Å². The van der Waals surface area contributed by atoms with E-state index in [9.17, 15) is 4.79 Å². The summed E-state index contributed by atoms with van der Waals surface area (Å²) >= 11 is 0. The van der Waals surface area contributed by atoms with Gasteiger partial charge in [-0.3, -0.25) is 9.69 Å². The molecule has 0 aliphatic carbocycles. The minimum atomic E-state index is 0.0821. The Kier molecular flexibility index (Phi) is 2.06. The molecule has 1 N–H and O–H groups in total. The highest BCUT2D eigenvalue weighted by Crippen LogP contribution is 1.96. The zero-order chi connectivity index (χ0) is 7.56. The van der Waals surface area contributed by atoms with E-state index in [0.29, 0.717) is 6.54 Å². The zero-order valence-electron chi connectivity index (χ0n) is 6.13. The summed E-state index contributed by atoms with van der Waals surface area (Å²) in [7, 11) is 1.93. The Labute approximate surface area is 60.7 Å². The summed E-state index contributed by atoms with van der Waals surface area (Å²) in [4.78, 5) is 12.8. The van der Waals surface area contributed by atoms with Crippen LogP contribution in [0.2, 0.25) is 0 Å². The van der Waals surface area contributed by atoms with Gasteiger partial charge in [0.2, 0.25) is 5.91 Å². The lowest BCUT2D eigenvalue weighted by Gasteiger charge is -2.27. The molecule has 0 spiro atoms. The first kappa shape index (κ1) is 7.28. The van der Waals surface area contributed by atoms with Crippen molar-refractivity contribution in [2.45, 2.75) is 6.04 Å². The minimum absolute atomic E-state index is 0.0821. The molecule has 0 aromatic carbocycles. The third kappa shape index (κ3) is 1.57. The van der Waals surface area contributed by atoms with Crippen LogP contribution in [0.4, 0.5) is 0 Å². The SMILES string of the molecule is C=C[C@H]1CN(C)CC(=O)N1. The van der Waals surface area contributed by atoms with E-state index in [1.165, 1.54) is 0 Å². The lowest BCUT2D eigenvalue weighted by Crippen LogP contribution is -2.51. The maximum Gasteiger partial charge on any atom is 0.234 e. The second kappa shape index (κ2) is 2.84. The Hall–Kier alpha value is -0.830. The number of rotatable bonds is 1. The second-order valence-corrected chi connectivity index (χ2v) is 2.61. The highest BCUT2D eigenvalue weighted by atomic mass is 16.2. The predicted octanol–water partition coefficient (Wildman–Crippen LogP) is -0.397. The molecule has 1 heterocycles. The number of likely N-dealkylation sites (N-methyl/N-ethyl adjacent to an activating group) is 1. The van der Waals surface area contributed by atoms with E-state index in [-0.39, 0.29) is 11.9 Å². The normalized spacial score (nSPS) is 27.7. The van der Waals surface area contributed by atoms with Crippen molar-refractivity contribution >= 4 is 5.91 Å². The van der Waals surface area contributed by atoms with Crippen molar-refractivity contribution in [3.05, 3.63) is 12.7 Å². The van der Waals surface area contributed by atoms with Crippen molar-refractivity contribution in [3.8, 4) is 0 Å². The fourth-order valence-electron chi connectivity index (χ4n) is 1.08. The summed E-state index contributed by atoms with van der Waals surface area (Å²) in [6, 6.07) is 0.131. The van der Waals surface area contributed by atoms with E-state index in [1.54, 1.807) is 6.08 Å². The Morgan fingerprint density at radius 1 is 1.90 bits per heavy atom. The van der Waals surface area contributed by atoms with E-state index in [0.717, 1.165) is 6.54 Å². The van der Waals surface area contributed by atoms with Crippen LogP contribution in [-0.4, -0.2) is 37.0 Å². The van der Waals surface area contributed by atoms with Crippen LogP contribution in [0.25, 0.3) is 0 Å². The van der Waals surface area contributed by atoms with Gasteiger partial charge in [-0.1, -0.05) is 6.08 Å². The standard InChI is InChI=1S/C7H12N2O/c1-3-6-4-9(2)5-7(10)8-6/h3,6H,1,4-5H2,2H3,(H,8,10)/t6-/m0/s1. The molecule has 1 rings (SSSR count). The van der Waals surface area contributed by atoms with Gasteiger partial charge in [-0.15, -0.1) is 6.58 Å². The lowest BCUT2D eigenvalue weighted by atomic mass is 10.2. The molecule has 0 radical (unpaired) electrons. The summed E-state index contributed by atoms with van der Waals surface area (Å²) in [5.41, 5.74) is 0. The maximum absolute atomic E-state index is 10.8. The summed E-state index contributed by atoms with van der Waals surface area (Å²) in [6.07, 6.45) is 1.76. The van der Waals surface area contributed by atoms with Gasteiger partial charge in [0.15, 0.2) is 0 Å². The molecule has 3 heteroatoms. The number of piperazine rings is 1. The maximum atomic E-state index is 10.8. The number of carbonyl (C=O) groups excluding carboxylic acids is 1. The molecule has 0 bridgehead atoms. The smallest absolute Gasteiger partial charge is 0.234 e. The largest absolute Gasteiger partial charge is 0.348 e. The molecular formula is C7H12N2O. The molecule has 1 aliphatic heterocycles. The van der Waals surface area contributed by atoms with Gasteiger partial charge in [-0.25, -0.2) is 0 Å². The lowest BCUT2D eigenvalue weighted by molar-refractivity contribution is -0.124. The molecule has 1 saturated heterocycles. The first-order chi connectivity index (χ1) is 4.72. The second-order valence-electron chi connectivity index (χ2n) is 2.61. The highest BCUT2D eigenvalue weighted by molar-refractivity contribution is 5.79. The topological polar surface area (TPSA) is 32.3 Å². The molecule has 56 valence electrons. The molecular weight excluding hydrogens is 128 g/mol. The van der Waals surface area contributed by atoms with Gasteiger partial charge >= 0.3 is 0 Å². The number of amides is 1. The fraction of sp³-hybridized carbons (Fsp3) is 0.571. The fourth-order valence-corrected chi connectivity index (χ4v) is 1.08. The first-order valence-corrected chi connectivity index (χ1v) is 3.33. The number of hydrogen-bond acceptors (Lipinski definition) is 2. The molecule has 10 heavy (non-hydrogen) atoms. The minimum Gasteiger partial charge on any atom is -0.348 e. The summed E-state index contributed by atoms with van der Waals surface area (Å²) in [6.45, 7) is 4.99. The molecule has 0 aromatic heterocycles. The summed E-state index contributed by atoms with van der Waals surface area (Å²) in [5.74, 6) is 0.0821. The van der Waals surface area contributed by atoms with E-state index in [1.807, 2.05) is 11.9 Å². The number of carbonyl (C=O) groups is 1. The summed E-state index contributed by atoms with van der Waals surface area (Å²) < 4.78 is 0. The van der Waals surface area contributed by atoms with Crippen LogP contribution in [0.3, 0.4) is 0 Å². The van der Waals surface area contributed by atoms with Crippen molar-refractivity contribution < 1.29 is 4.79 Å². The van der Waals surface area contributed by atoms with Crippen LogP contribution in [0.15, 0.2) is 12.7 Å². The van der Waals surface area contributed by atoms with E-state index >= 15 is 0 Å². The van der Waals surface area contributed by atoms with Crippen LogP contribution in [0, 0.1) is 0 Å². The van der Waals surface area contributed by atoms with E-state index in [4.69, 9.17) is 0 Å². The van der Waals surface area contributed by atoms with Crippen LogP contribution in [0.1, 0.15) is 0 Å². The van der Waals surface area contributed by atoms with Crippen molar-refractivity contribution in [1.29, 1.82) is 0 Å². The number of hydrogen-bond donors (Lipinski definition) is 1. The molecule has 3 nitrogen and oxygen atoms in total. The average Bonchev–Trinajstić information content (AvgIpc) is 1.85. The van der Waals surface area contributed by atoms with Crippen molar-refractivity contribution in [2.75, 3.05) is 20.1 Å². The van der Waals surface area contributed by atoms with E-state index < -0.39 is 0 Å². The van der Waals surface area contributed by atoms with Gasteiger partial charge in [-0.2, -0.15) is 0 Å². The third-order valence-electron chi connectivity index (χ3n) is 1.55. The van der Waals surface area contributed by atoms with Gasteiger partial charge in [-0.05, 0) is 7.05 Å². The highest BCUT2D eigenvalue weighted by Gasteiger charge is 2.18. The monoisotopic (exact) mass is 140 g/mol. The zero-order valence-corrected chi connectivity index (χ0v) is 6.13. The van der Waals surface area contributed by atoms with Gasteiger partial charge in [0.1, 0.15) is 0 Å². The first-order valence-electron chi connectivity index (χ1n) is 3.33. The Morgan fingerprint density at radius 2 is 2.60 bits per heavy atom. The Bertz CT molecular complexity index is 156. The average molecular weight is 140 g/mol. The van der Waals surface area contributed by atoms with Crippen molar-refractivity contribution in [2.24, 2.45) is 0 Å². The van der Waals surface area contributed by atoms with Crippen LogP contribution in [-0.2, 0) is 4.79 Å². The summed E-state index contributed by atoms with van der Waals surface area (Å²) in [5, 5.41) is 2.80. The Morgan fingerprint density at radius 3 is 3.10 bits per heavy atom. The van der Waals surface area contributed by atoms with Crippen LogP contribution >= 0.6 is 0 Å². The molecule has 1 amide bonds. The molecule has 0 saturated carbocycles. The molecule has 1 fully saturated rings. The predicted molar refractivity (Wildman–Crippen MR) is 39.6 cm³/mol. The Balaban J connectivity index is 2.50. The van der Waals surface area contributed by atoms with Gasteiger partial charge in [0.05, 0.1) is 12.6 Å². The van der Waals surface area contributed by atoms with Crippen LogP contribution in [0.5, 0.6) is 0 Å². The van der Waals surface area contributed by atoms with Gasteiger partial charge in [0.25, 0.3) is 0 Å². The number of nitrogens with zero attached hydrogens (tertiary/aromatic N) is 1. The van der Waals surface area contributed by atoms with Crippen molar-refractivity contribution in [1.82, 2.24) is 10.2 Å². The molecule has 0 unspecified atom stereocenters. The molecule has 0 aromatic rings. The quantitative estimate of drug-likeness (QED) is 0.503. The van der Waals surface area contributed by atoms with E-state index in [2.05, 4.69) is 11.9 Å². The third-order valence-corrected chi connectivity index (χ3v) is 1.55. The van der Waals surface area contributed by atoms with Gasteiger partial charge < -0.3 is 5.32 Å². The molecule has 1 atom stereocenters. The number of nitrogens with one attached hydrogen (secondary N) is 1. The molecule has 1 aliphatic rings. The van der Waals surface area contributed by atoms with Gasteiger partial charge in [0, 0.05) is 6.54 Å². The van der Waals surface area contributed by atoms with Crippen molar-refractivity contribution in [3.63, 3.8) is 0 Å².